The number of anilines is 1. The van der Waals surface area contributed by atoms with E-state index in [-0.39, 0.29) is 18.4 Å². The molecule has 0 spiro atoms. The average Bonchev–Trinajstić information content (AvgIpc) is 2.75. The normalized spacial score (nSPS) is 11.5. The number of hydrogen-bond acceptors (Lipinski definition) is 4. The second kappa shape index (κ2) is 11.6. The molecular formula is C23H29N3O4. The molecular weight excluding hydrogens is 382 g/mol. The molecule has 0 saturated carbocycles. The lowest BCUT2D eigenvalue weighted by atomic mass is 10.1. The molecule has 0 aliphatic rings. The van der Waals surface area contributed by atoms with Crippen molar-refractivity contribution in [3.8, 4) is 0 Å². The van der Waals surface area contributed by atoms with E-state index >= 15 is 0 Å². The van der Waals surface area contributed by atoms with Crippen molar-refractivity contribution in [1.29, 1.82) is 0 Å². The lowest BCUT2D eigenvalue weighted by Gasteiger charge is -2.23. The van der Waals surface area contributed by atoms with Crippen molar-refractivity contribution in [2.75, 3.05) is 18.5 Å². The number of amides is 3. The van der Waals surface area contributed by atoms with Crippen molar-refractivity contribution in [2.24, 2.45) is 5.92 Å². The third kappa shape index (κ3) is 7.24. The lowest BCUT2D eigenvalue weighted by Crippen LogP contribution is -2.47. The van der Waals surface area contributed by atoms with Crippen LogP contribution in [0.15, 0.2) is 60.7 Å². The van der Waals surface area contributed by atoms with Crippen molar-refractivity contribution in [1.82, 2.24) is 10.2 Å². The molecule has 1 atom stereocenters. The summed E-state index contributed by atoms with van der Waals surface area (Å²) in [6.45, 7) is 6.03. The highest BCUT2D eigenvalue weighted by molar-refractivity contribution is 5.93. The summed E-state index contributed by atoms with van der Waals surface area (Å²) in [6, 6.07) is 17.1. The molecule has 2 aromatic rings. The maximum absolute atomic E-state index is 12.5. The van der Waals surface area contributed by atoms with Gasteiger partial charge in [-0.15, -0.1) is 0 Å². The molecule has 0 heterocycles. The van der Waals surface area contributed by atoms with Crippen LogP contribution in [0.3, 0.4) is 0 Å². The zero-order valence-electron chi connectivity index (χ0n) is 17.6. The van der Waals surface area contributed by atoms with Gasteiger partial charge in [-0.25, -0.2) is 9.59 Å². The summed E-state index contributed by atoms with van der Waals surface area (Å²) in [4.78, 5) is 38.8. The van der Waals surface area contributed by atoms with Crippen LogP contribution in [-0.2, 0) is 20.9 Å². The van der Waals surface area contributed by atoms with Crippen molar-refractivity contribution in [3.63, 3.8) is 0 Å². The van der Waals surface area contributed by atoms with Gasteiger partial charge in [0.25, 0.3) is 5.91 Å². The van der Waals surface area contributed by atoms with E-state index in [1.54, 1.807) is 43.0 Å². The van der Waals surface area contributed by atoms with Crippen LogP contribution < -0.4 is 10.6 Å². The summed E-state index contributed by atoms with van der Waals surface area (Å²) in [5.74, 6) is -1.14. The number of para-hydroxylation sites is 1. The number of carbonyl (C=O) groups excluding carboxylic acids is 3. The Labute approximate surface area is 177 Å². The molecule has 0 aliphatic carbocycles. The third-order valence-corrected chi connectivity index (χ3v) is 4.53. The summed E-state index contributed by atoms with van der Waals surface area (Å²) in [6.07, 6.45) is 0. The van der Waals surface area contributed by atoms with Crippen molar-refractivity contribution in [3.05, 3.63) is 66.2 Å². The predicted molar refractivity (Wildman–Crippen MR) is 116 cm³/mol. The van der Waals surface area contributed by atoms with Gasteiger partial charge in [-0.1, -0.05) is 62.4 Å². The first-order valence-electron chi connectivity index (χ1n) is 10.0. The van der Waals surface area contributed by atoms with Gasteiger partial charge < -0.3 is 20.3 Å². The molecule has 0 unspecified atom stereocenters. The van der Waals surface area contributed by atoms with E-state index in [4.69, 9.17) is 4.74 Å². The molecule has 0 fully saturated rings. The Bertz CT molecular complexity index is 825. The standard InChI is InChI=1S/C23H29N3O4/c1-4-26(15-18-11-7-5-8-12-18)20(27)16-30-22(28)21(17(2)3)25-23(29)24-19-13-9-6-10-14-19/h5-14,17,21H,4,15-16H2,1-3H3,(H2,24,25,29)/t21-/m1/s1. The number of esters is 1. The van der Waals surface area contributed by atoms with Gasteiger partial charge in [0, 0.05) is 18.8 Å². The number of carbonyl (C=O) groups is 3. The number of benzene rings is 2. The van der Waals surface area contributed by atoms with E-state index in [0.717, 1.165) is 5.56 Å². The van der Waals surface area contributed by atoms with Crippen LogP contribution in [0.1, 0.15) is 26.3 Å². The second-order valence-electron chi connectivity index (χ2n) is 7.19. The fourth-order valence-electron chi connectivity index (χ4n) is 2.82. The van der Waals surface area contributed by atoms with Crippen molar-refractivity contribution < 1.29 is 19.1 Å². The Morgan fingerprint density at radius 3 is 2.13 bits per heavy atom. The first kappa shape index (κ1) is 22.9. The first-order valence-corrected chi connectivity index (χ1v) is 10.0. The van der Waals surface area contributed by atoms with Crippen LogP contribution in [0.4, 0.5) is 10.5 Å². The van der Waals surface area contributed by atoms with Gasteiger partial charge in [0.05, 0.1) is 0 Å². The molecule has 0 aromatic heterocycles. The molecule has 2 N–H and O–H groups in total. The monoisotopic (exact) mass is 411 g/mol. The first-order chi connectivity index (χ1) is 14.4. The Balaban J connectivity index is 1.89. The van der Waals surface area contributed by atoms with Gasteiger partial charge >= 0.3 is 12.0 Å². The van der Waals surface area contributed by atoms with E-state index in [9.17, 15) is 14.4 Å². The quantitative estimate of drug-likeness (QED) is 0.619. The van der Waals surface area contributed by atoms with Gasteiger partial charge in [-0.3, -0.25) is 4.79 Å². The summed E-state index contributed by atoms with van der Waals surface area (Å²) in [5.41, 5.74) is 1.61. The molecule has 2 rings (SSSR count). The SMILES string of the molecule is CCN(Cc1ccccc1)C(=O)COC(=O)[C@H](NC(=O)Nc1ccccc1)C(C)C. The molecule has 0 aliphatic heterocycles. The molecule has 0 radical (unpaired) electrons. The fourth-order valence-corrected chi connectivity index (χ4v) is 2.82. The highest BCUT2D eigenvalue weighted by Crippen LogP contribution is 2.09. The smallest absolute Gasteiger partial charge is 0.329 e. The number of rotatable bonds is 9. The minimum absolute atomic E-state index is 0.208. The molecule has 0 saturated heterocycles. The van der Waals surface area contributed by atoms with Crippen LogP contribution in [0.2, 0.25) is 0 Å². The lowest BCUT2D eigenvalue weighted by molar-refractivity contribution is -0.154. The van der Waals surface area contributed by atoms with E-state index in [0.29, 0.717) is 18.8 Å². The third-order valence-electron chi connectivity index (χ3n) is 4.53. The zero-order chi connectivity index (χ0) is 21.9. The molecule has 160 valence electrons. The highest BCUT2D eigenvalue weighted by atomic mass is 16.5. The van der Waals surface area contributed by atoms with Crippen LogP contribution in [0, 0.1) is 5.92 Å². The minimum Gasteiger partial charge on any atom is -0.454 e. The van der Waals surface area contributed by atoms with E-state index in [2.05, 4.69) is 10.6 Å². The Morgan fingerprint density at radius 1 is 0.967 bits per heavy atom. The Kier molecular flexibility index (Phi) is 8.87. The number of urea groups is 1. The molecule has 7 nitrogen and oxygen atoms in total. The zero-order valence-corrected chi connectivity index (χ0v) is 17.6. The number of nitrogens with zero attached hydrogens (tertiary/aromatic N) is 1. The van der Waals surface area contributed by atoms with Crippen LogP contribution in [0.5, 0.6) is 0 Å². The molecule has 0 bridgehead atoms. The Hall–Kier alpha value is -3.35. The summed E-state index contributed by atoms with van der Waals surface area (Å²) >= 11 is 0. The van der Waals surface area contributed by atoms with Crippen LogP contribution in [-0.4, -0.2) is 42.0 Å². The average molecular weight is 412 g/mol. The number of hydrogen-bond donors (Lipinski definition) is 2. The maximum atomic E-state index is 12.5. The molecule has 7 heteroatoms. The molecule has 2 aromatic carbocycles. The van der Waals surface area contributed by atoms with E-state index in [1.165, 1.54) is 0 Å². The fraction of sp³-hybridized carbons (Fsp3) is 0.348. The highest BCUT2D eigenvalue weighted by Gasteiger charge is 2.27. The van der Waals surface area contributed by atoms with Crippen molar-refractivity contribution >= 4 is 23.6 Å². The van der Waals surface area contributed by atoms with Crippen molar-refractivity contribution in [2.45, 2.75) is 33.4 Å². The van der Waals surface area contributed by atoms with E-state index < -0.39 is 18.0 Å². The summed E-state index contributed by atoms with van der Waals surface area (Å²) in [5, 5.41) is 5.29. The predicted octanol–water partition coefficient (Wildman–Crippen LogP) is 3.42. The van der Waals surface area contributed by atoms with Gasteiger partial charge in [0.15, 0.2) is 6.61 Å². The summed E-state index contributed by atoms with van der Waals surface area (Å²) in [7, 11) is 0. The minimum atomic E-state index is -0.870. The van der Waals surface area contributed by atoms with Crippen LogP contribution >= 0.6 is 0 Å². The summed E-state index contributed by atoms with van der Waals surface area (Å²) < 4.78 is 5.23. The topological polar surface area (TPSA) is 87.7 Å². The van der Waals surface area contributed by atoms with Gasteiger partial charge in [-0.2, -0.15) is 0 Å². The molecule has 3 amide bonds. The van der Waals surface area contributed by atoms with Gasteiger partial charge in [-0.05, 0) is 30.5 Å². The maximum Gasteiger partial charge on any atom is 0.329 e. The number of nitrogens with one attached hydrogen (secondary N) is 2. The number of likely N-dealkylation sites (N-methyl/N-ethyl adjacent to an activating group) is 1. The Morgan fingerprint density at radius 2 is 1.57 bits per heavy atom. The molecule has 30 heavy (non-hydrogen) atoms. The number of ether oxygens (including phenoxy) is 1. The van der Waals surface area contributed by atoms with E-state index in [1.807, 2.05) is 43.3 Å². The van der Waals surface area contributed by atoms with Crippen LogP contribution in [0.25, 0.3) is 0 Å². The second-order valence-corrected chi connectivity index (χ2v) is 7.19. The van der Waals surface area contributed by atoms with Gasteiger partial charge in [0.2, 0.25) is 0 Å². The largest absolute Gasteiger partial charge is 0.454 e. The van der Waals surface area contributed by atoms with Gasteiger partial charge in [0.1, 0.15) is 6.04 Å².